The van der Waals surface area contributed by atoms with Crippen LogP contribution in [-0.2, 0) is 20.0 Å². The van der Waals surface area contributed by atoms with E-state index in [9.17, 15) is 16.8 Å². The molecule has 0 aliphatic rings. The summed E-state index contributed by atoms with van der Waals surface area (Å²) in [5.41, 5.74) is 0.945. The van der Waals surface area contributed by atoms with Gasteiger partial charge in [0.1, 0.15) is 0 Å². The molecule has 6 nitrogen and oxygen atoms in total. The Balaban J connectivity index is 2.14. The minimum absolute atomic E-state index is 0.0807. The molecule has 0 fully saturated rings. The van der Waals surface area contributed by atoms with Crippen LogP contribution in [0.25, 0.3) is 6.08 Å². The van der Waals surface area contributed by atoms with E-state index in [2.05, 4.69) is 4.72 Å². The molecule has 0 unspecified atom stereocenters. The molecule has 0 aromatic heterocycles. The summed E-state index contributed by atoms with van der Waals surface area (Å²) in [6.07, 6.45) is 1.43. The van der Waals surface area contributed by atoms with Crippen LogP contribution in [0.3, 0.4) is 0 Å². The van der Waals surface area contributed by atoms with Gasteiger partial charge < -0.3 is 0 Å². The highest BCUT2D eigenvalue weighted by Gasteiger charge is 2.17. The van der Waals surface area contributed by atoms with Crippen LogP contribution in [0.5, 0.6) is 0 Å². The van der Waals surface area contributed by atoms with Gasteiger partial charge >= 0.3 is 0 Å². The minimum atomic E-state index is -3.73. The Labute approximate surface area is 152 Å². The number of halogens is 1. The van der Waals surface area contributed by atoms with Gasteiger partial charge in [0, 0.05) is 24.8 Å². The Bertz CT molecular complexity index is 966. The molecule has 0 radical (unpaired) electrons. The number of anilines is 1. The zero-order valence-corrected chi connectivity index (χ0v) is 15.9. The Kier molecular flexibility index (Phi) is 5.89. The summed E-state index contributed by atoms with van der Waals surface area (Å²) < 4.78 is 51.6. The number of nitrogens with zero attached hydrogens (tertiary/aromatic N) is 1. The van der Waals surface area contributed by atoms with Crippen molar-refractivity contribution in [3.8, 4) is 0 Å². The molecule has 0 saturated heterocycles. The average Bonchev–Trinajstić information content (AvgIpc) is 2.54. The van der Waals surface area contributed by atoms with Gasteiger partial charge in [-0.1, -0.05) is 23.7 Å². The summed E-state index contributed by atoms with van der Waals surface area (Å²) in [4.78, 5) is 0.0807. The highest BCUT2D eigenvalue weighted by atomic mass is 35.5. The van der Waals surface area contributed by atoms with Gasteiger partial charge in [-0.25, -0.2) is 21.1 Å². The average molecular weight is 401 g/mol. The molecule has 0 bridgehead atoms. The van der Waals surface area contributed by atoms with E-state index in [1.54, 1.807) is 24.3 Å². The number of benzene rings is 2. The molecular weight excluding hydrogens is 384 g/mol. The van der Waals surface area contributed by atoms with E-state index in [-0.39, 0.29) is 10.6 Å². The topological polar surface area (TPSA) is 83.6 Å². The SMILES string of the molecule is CN(C)S(=O)(=O)c1ccc(NS(=O)(=O)/C=C/c2ccc(Cl)cc2)cc1. The third kappa shape index (κ3) is 5.30. The van der Waals surface area contributed by atoms with E-state index >= 15 is 0 Å². The molecule has 1 N–H and O–H groups in total. The first kappa shape index (κ1) is 19.5. The second-order valence-corrected chi connectivity index (χ2v) is 9.47. The normalized spacial score (nSPS) is 12.6. The molecule has 9 heteroatoms. The predicted molar refractivity (Wildman–Crippen MR) is 100 cm³/mol. The zero-order valence-electron chi connectivity index (χ0n) is 13.5. The summed E-state index contributed by atoms with van der Waals surface area (Å²) in [6, 6.07) is 12.2. The molecule has 134 valence electrons. The molecule has 0 heterocycles. The number of rotatable bonds is 6. The number of hydrogen-bond acceptors (Lipinski definition) is 4. The summed E-state index contributed by atoms with van der Waals surface area (Å²) in [5.74, 6) is 0. The summed E-state index contributed by atoms with van der Waals surface area (Å²) in [5, 5.41) is 1.59. The van der Waals surface area contributed by atoms with E-state index in [0.717, 1.165) is 9.71 Å². The van der Waals surface area contributed by atoms with Gasteiger partial charge in [0.15, 0.2) is 0 Å². The van der Waals surface area contributed by atoms with Crippen molar-refractivity contribution in [3.63, 3.8) is 0 Å². The highest BCUT2D eigenvalue weighted by Crippen LogP contribution is 2.18. The Morgan fingerprint density at radius 1 is 0.920 bits per heavy atom. The molecule has 0 saturated carbocycles. The third-order valence-electron chi connectivity index (χ3n) is 3.20. The quantitative estimate of drug-likeness (QED) is 0.807. The molecule has 2 rings (SSSR count). The highest BCUT2D eigenvalue weighted by molar-refractivity contribution is 7.95. The van der Waals surface area contributed by atoms with Crippen LogP contribution in [0.1, 0.15) is 5.56 Å². The second-order valence-electron chi connectivity index (χ2n) is 5.31. The van der Waals surface area contributed by atoms with Crippen LogP contribution in [0, 0.1) is 0 Å². The van der Waals surface area contributed by atoms with Gasteiger partial charge in [0.05, 0.1) is 10.3 Å². The van der Waals surface area contributed by atoms with E-state index in [1.165, 1.54) is 44.4 Å². The van der Waals surface area contributed by atoms with Crippen LogP contribution in [0.15, 0.2) is 58.8 Å². The van der Waals surface area contributed by atoms with Crippen molar-refractivity contribution in [2.24, 2.45) is 0 Å². The lowest BCUT2D eigenvalue weighted by Gasteiger charge is -2.12. The Morgan fingerprint density at radius 3 is 2.00 bits per heavy atom. The molecule has 2 aromatic rings. The molecule has 25 heavy (non-hydrogen) atoms. The summed E-state index contributed by atoms with van der Waals surface area (Å²) >= 11 is 5.77. The third-order valence-corrected chi connectivity index (χ3v) is 6.30. The first-order chi connectivity index (χ1) is 11.6. The van der Waals surface area contributed by atoms with Gasteiger partial charge in [0.25, 0.3) is 10.0 Å². The number of sulfonamides is 2. The van der Waals surface area contributed by atoms with Crippen LogP contribution in [0.2, 0.25) is 5.02 Å². The lowest BCUT2D eigenvalue weighted by atomic mass is 10.2. The van der Waals surface area contributed by atoms with Gasteiger partial charge in [0.2, 0.25) is 10.0 Å². The van der Waals surface area contributed by atoms with Gasteiger partial charge in [-0.2, -0.15) is 0 Å². The molecular formula is C16H17ClN2O4S2. The van der Waals surface area contributed by atoms with E-state index in [1.807, 2.05) is 0 Å². The predicted octanol–water partition coefficient (Wildman–Crippen LogP) is 3.00. The molecule has 0 aliphatic heterocycles. The van der Waals surface area contributed by atoms with Crippen molar-refractivity contribution < 1.29 is 16.8 Å². The van der Waals surface area contributed by atoms with Crippen LogP contribution < -0.4 is 4.72 Å². The van der Waals surface area contributed by atoms with Gasteiger partial charge in [-0.15, -0.1) is 0 Å². The molecule has 2 aromatic carbocycles. The Morgan fingerprint density at radius 2 is 1.48 bits per heavy atom. The van der Waals surface area contributed by atoms with Crippen molar-refractivity contribution in [1.82, 2.24) is 4.31 Å². The first-order valence-electron chi connectivity index (χ1n) is 7.09. The van der Waals surface area contributed by atoms with Gasteiger partial charge in [-0.3, -0.25) is 4.72 Å². The lowest BCUT2D eigenvalue weighted by Crippen LogP contribution is -2.22. The van der Waals surface area contributed by atoms with E-state index in [0.29, 0.717) is 10.6 Å². The molecule has 0 amide bonds. The number of nitrogens with one attached hydrogen (secondary N) is 1. The largest absolute Gasteiger partial charge is 0.280 e. The fourth-order valence-electron chi connectivity index (χ4n) is 1.85. The van der Waals surface area contributed by atoms with Gasteiger partial charge in [-0.05, 0) is 48.0 Å². The van der Waals surface area contributed by atoms with Crippen LogP contribution in [0.4, 0.5) is 5.69 Å². The fourth-order valence-corrected chi connectivity index (χ4v) is 3.74. The van der Waals surface area contributed by atoms with Crippen molar-refractivity contribution >= 4 is 43.4 Å². The van der Waals surface area contributed by atoms with Crippen molar-refractivity contribution in [2.75, 3.05) is 18.8 Å². The second kappa shape index (κ2) is 7.57. The lowest BCUT2D eigenvalue weighted by molar-refractivity contribution is 0.521. The zero-order chi connectivity index (χ0) is 18.7. The summed E-state index contributed by atoms with van der Waals surface area (Å²) in [7, 11) is -4.44. The number of hydrogen-bond donors (Lipinski definition) is 1. The minimum Gasteiger partial charge on any atom is -0.280 e. The monoisotopic (exact) mass is 400 g/mol. The van der Waals surface area contributed by atoms with Crippen LogP contribution >= 0.6 is 11.6 Å². The smallest absolute Gasteiger partial charge is 0.255 e. The maximum Gasteiger partial charge on any atom is 0.255 e. The van der Waals surface area contributed by atoms with Crippen molar-refractivity contribution in [2.45, 2.75) is 4.90 Å². The maximum absolute atomic E-state index is 12.1. The standard InChI is InChI=1S/C16H17ClN2O4S2/c1-19(2)25(22,23)16-9-7-15(8-10-16)18-24(20,21)12-11-13-3-5-14(17)6-4-13/h3-12,18H,1-2H3/b12-11+. The fraction of sp³-hybridized carbons (Fsp3) is 0.125. The van der Waals surface area contributed by atoms with Crippen LogP contribution in [-0.4, -0.2) is 35.2 Å². The maximum atomic E-state index is 12.1. The first-order valence-corrected chi connectivity index (χ1v) is 10.5. The summed E-state index contributed by atoms with van der Waals surface area (Å²) in [6.45, 7) is 0. The van der Waals surface area contributed by atoms with Crippen molar-refractivity contribution in [3.05, 3.63) is 64.5 Å². The van der Waals surface area contributed by atoms with E-state index in [4.69, 9.17) is 11.6 Å². The van der Waals surface area contributed by atoms with E-state index < -0.39 is 20.0 Å². The van der Waals surface area contributed by atoms with Crippen molar-refractivity contribution in [1.29, 1.82) is 0 Å². The molecule has 0 atom stereocenters. The molecule has 0 aliphatic carbocycles. The molecule has 0 spiro atoms. The Hall–Kier alpha value is -1.87.